The molecule has 0 aliphatic heterocycles. The van der Waals surface area contributed by atoms with Crippen LogP contribution in [0, 0.1) is 0 Å². The fourth-order valence-corrected chi connectivity index (χ4v) is 2.74. The summed E-state index contributed by atoms with van der Waals surface area (Å²) in [5.41, 5.74) is 2.37. The lowest BCUT2D eigenvalue weighted by molar-refractivity contribution is 0.199. The Labute approximate surface area is 130 Å². The molecule has 0 amide bonds. The molecule has 0 spiro atoms. The smallest absolute Gasteiger partial charge is 0.0606 e. The van der Waals surface area contributed by atoms with E-state index in [4.69, 9.17) is 9.84 Å². The number of nitrogens with zero attached hydrogens (tertiary/aromatic N) is 1. The molecule has 0 unspecified atom stereocenters. The van der Waals surface area contributed by atoms with Crippen LogP contribution in [0.3, 0.4) is 0 Å². The van der Waals surface area contributed by atoms with E-state index in [9.17, 15) is 0 Å². The maximum atomic E-state index is 9.16. The van der Waals surface area contributed by atoms with E-state index in [0.29, 0.717) is 6.54 Å². The number of rotatable bonds is 10. The van der Waals surface area contributed by atoms with Crippen LogP contribution in [0.1, 0.15) is 18.9 Å². The lowest BCUT2D eigenvalue weighted by Crippen LogP contribution is -2.27. The molecule has 0 radical (unpaired) electrons. The zero-order valence-corrected chi connectivity index (χ0v) is 13.9. The highest BCUT2D eigenvalue weighted by molar-refractivity contribution is 9.10. The minimum atomic E-state index is 0.173. The van der Waals surface area contributed by atoms with Crippen LogP contribution in [0.4, 0.5) is 5.69 Å². The minimum Gasteiger partial charge on any atom is -0.395 e. The summed E-state index contributed by atoms with van der Waals surface area (Å²) in [6, 6.07) is 6.37. The van der Waals surface area contributed by atoms with Crippen molar-refractivity contribution in [2.45, 2.75) is 19.9 Å². The first-order chi connectivity index (χ1) is 9.72. The summed E-state index contributed by atoms with van der Waals surface area (Å²) < 4.78 is 6.08. The van der Waals surface area contributed by atoms with E-state index in [1.54, 1.807) is 7.11 Å². The van der Waals surface area contributed by atoms with Crippen molar-refractivity contribution in [2.24, 2.45) is 0 Å². The molecule has 0 atom stereocenters. The van der Waals surface area contributed by atoms with E-state index in [0.717, 1.165) is 42.8 Å². The van der Waals surface area contributed by atoms with Gasteiger partial charge in [-0.2, -0.15) is 0 Å². The molecule has 1 aromatic carbocycles. The second kappa shape index (κ2) is 10.2. The van der Waals surface area contributed by atoms with Gasteiger partial charge in [-0.1, -0.05) is 13.0 Å². The molecular formula is C15H25BrN2O2. The first-order valence-corrected chi connectivity index (χ1v) is 7.86. The average Bonchev–Trinajstić information content (AvgIpc) is 2.44. The molecule has 0 aliphatic rings. The van der Waals surface area contributed by atoms with Crippen LogP contribution in [0.25, 0.3) is 0 Å². The zero-order valence-electron chi connectivity index (χ0n) is 12.4. The fraction of sp³-hybridized carbons (Fsp3) is 0.600. The van der Waals surface area contributed by atoms with Gasteiger partial charge in [-0.15, -0.1) is 0 Å². The number of halogens is 1. The van der Waals surface area contributed by atoms with E-state index in [1.165, 1.54) is 5.56 Å². The van der Waals surface area contributed by atoms with Gasteiger partial charge in [0.25, 0.3) is 0 Å². The van der Waals surface area contributed by atoms with Crippen molar-refractivity contribution in [3.05, 3.63) is 28.2 Å². The van der Waals surface area contributed by atoms with Gasteiger partial charge in [-0.05, 0) is 40.0 Å². The molecule has 0 aliphatic carbocycles. The summed E-state index contributed by atoms with van der Waals surface area (Å²) in [7, 11) is 1.70. The van der Waals surface area contributed by atoms with E-state index in [1.807, 2.05) is 0 Å². The molecular weight excluding hydrogens is 320 g/mol. The molecule has 0 aromatic heterocycles. The molecule has 0 heterocycles. The second-order valence-electron chi connectivity index (χ2n) is 4.67. The molecule has 0 saturated heterocycles. The summed E-state index contributed by atoms with van der Waals surface area (Å²) in [5, 5.41) is 12.5. The van der Waals surface area contributed by atoms with Gasteiger partial charge in [0.05, 0.1) is 18.9 Å². The number of aliphatic hydroxyl groups is 1. The van der Waals surface area contributed by atoms with Crippen LogP contribution in [0.2, 0.25) is 0 Å². The predicted molar refractivity (Wildman–Crippen MR) is 87.3 cm³/mol. The lowest BCUT2D eigenvalue weighted by atomic mass is 10.2. The van der Waals surface area contributed by atoms with Gasteiger partial charge in [0.15, 0.2) is 0 Å². The van der Waals surface area contributed by atoms with Crippen molar-refractivity contribution in [2.75, 3.05) is 44.9 Å². The topological polar surface area (TPSA) is 44.7 Å². The number of anilines is 1. The normalized spacial score (nSPS) is 10.8. The third kappa shape index (κ3) is 5.79. The van der Waals surface area contributed by atoms with Crippen LogP contribution in [-0.4, -0.2) is 45.1 Å². The van der Waals surface area contributed by atoms with Gasteiger partial charge < -0.3 is 20.1 Å². The molecule has 1 rings (SSSR count). The first-order valence-electron chi connectivity index (χ1n) is 7.06. The van der Waals surface area contributed by atoms with E-state index in [2.05, 4.69) is 51.3 Å². The summed E-state index contributed by atoms with van der Waals surface area (Å²) in [4.78, 5) is 2.20. The monoisotopic (exact) mass is 344 g/mol. The number of nitrogens with one attached hydrogen (secondary N) is 1. The lowest BCUT2D eigenvalue weighted by Gasteiger charge is -2.25. The molecule has 2 N–H and O–H groups in total. The number of hydrogen-bond acceptors (Lipinski definition) is 4. The van der Waals surface area contributed by atoms with Crippen molar-refractivity contribution in [3.63, 3.8) is 0 Å². The van der Waals surface area contributed by atoms with Gasteiger partial charge >= 0.3 is 0 Å². The van der Waals surface area contributed by atoms with Crippen molar-refractivity contribution in [1.29, 1.82) is 0 Å². The Hall–Kier alpha value is -0.620. The number of ether oxygens (including phenoxy) is 1. The largest absolute Gasteiger partial charge is 0.395 e. The van der Waals surface area contributed by atoms with Crippen molar-refractivity contribution >= 4 is 21.6 Å². The van der Waals surface area contributed by atoms with Gasteiger partial charge in [-0.25, -0.2) is 0 Å². The Morgan fingerprint density at radius 1 is 1.35 bits per heavy atom. The predicted octanol–water partition coefficient (Wildman–Crippen LogP) is 2.39. The Morgan fingerprint density at radius 3 is 2.75 bits per heavy atom. The Kier molecular flexibility index (Phi) is 8.85. The number of aliphatic hydroxyl groups excluding tert-OH is 1. The molecule has 114 valence electrons. The van der Waals surface area contributed by atoms with Crippen LogP contribution in [0.5, 0.6) is 0 Å². The highest BCUT2D eigenvalue weighted by atomic mass is 79.9. The van der Waals surface area contributed by atoms with Gasteiger partial charge in [0.1, 0.15) is 0 Å². The van der Waals surface area contributed by atoms with E-state index in [-0.39, 0.29) is 6.61 Å². The Morgan fingerprint density at radius 2 is 2.15 bits per heavy atom. The van der Waals surface area contributed by atoms with Crippen LogP contribution in [0.15, 0.2) is 22.7 Å². The van der Waals surface area contributed by atoms with Crippen LogP contribution in [-0.2, 0) is 11.3 Å². The van der Waals surface area contributed by atoms with Crippen LogP contribution >= 0.6 is 15.9 Å². The molecule has 20 heavy (non-hydrogen) atoms. The van der Waals surface area contributed by atoms with Gasteiger partial charge in [0.2, 0.25) is 0 Å². The quantitative estimate of drug-likeness (QED) is 0.639. The summed E-state index contributed by atoms with van der Waals surface area (Å²) in [5.74, 6) is 0. The molecule has 0 saturated carbocycles. The average molecular weight is 345 g/mol. The van der Waals surface area contributed by atoms with Crippen LogP contribution < -0.4 is 10.2 Å². The molecule has 0 fully saturated rings. The SMILES string of the molecule is CCCN(CCO)c1ccc(CNCCOC)cc1Br. The first kappa shape index (κ1) is 17.4. The standard InChI is InChI=1S/C15H25BrN2O2/c1-3-7-18(8-9-19)15-5-4-13(11-14(15)16)12-17-6-10-20-2/h4-5,11,17,19H,3,6-10,12H2,1-2H3. The minimum absolute atomic E-state index is 0.173. The van der Waals surface area contributed by atoms with Crippen molar-refractivity contribution in [3.8, 4) is 0 Å². The molecule has 4 nitrogen and oxygen atoms in total. The number of methoxy groups -OCH3 is 1. The summed E-state index contributed by atoms with van der Waals surface area (Å²) in [6.07, 6.45) is 1.06. The second-order valence-corrected chi connectivity index (χ2v) is 5.52. The zero-order chi connectivity index (χ0) is 14.8. The summed E-state index contributed by atoms with van der Waals surface area (Å²) in [6.45, 7) is 6.33. The molecule has 0 bridgehead atoms. The maximum Gasteiger partial charge on any atom is 0.0606 e. The van der Waals surface area contributed by atoms with Gasteiger partial charge in [-0.3, -0.25) is 0 Å². The number of benzene rings is 1. The third-order valence-corrected chi connectivity index (χ3v) is 3.66. The van der Waals surface area contributed by atoms with Crippen molar-refractivity contribution < 1.29 is 9.84 Å². The Bertz CT molecular complexity index is 382. The van der Waals surface area contributed by atoms with E-state index < -0.39 is 0 Å². The number of hydrogen-bond donors (Lipinski definition) is 2. The van der Waals surface area contributed by atoms with Crippen molar-refractivity contribution in [1.82, 2.24) is 5.32 Å². The molecule has 5 heteroatoms. The maximum absolute atomic E-state index is 9.16. The molecule has 1 aromatic rings. The highest BCUT2D eigenvalue weighted by Gasteiger charge is 2.09. The van der Waals surface area contributed by atoms with E-state index >= 15 is 0 Å². The highest BCUT2D eigenvalue weighted by Crippen LogP contribution is 2.27. The summed E-state index contributed by atoms with van der Waals surface area (Å²) >= 11 is 3.63. The fourth-order valence-electron chi connectivity index (χ4n) is 2.07. The van der Waals surface area contributed by atoms with Gasteiger partial charge in [0, 0.05) is 37.8 Å². The third-order valence-electron chi connectivity index (χ3n) is 3.03. The Balaban J connectivity index is 2.65.